The first kappa shape index (κ1) is 37.4. The number of fused-ring (bicyclic) bond motifs is 6. The van der Waals surface area contributed by atoms with Crippen molar-refractivity contribution in [1.29, 1.82) is 0 Å². The van der Waals surface area contributed by atoms with Gasteiger partial charge in [-0.05, 0) is 25.7 Å². The first-order chi connectivity index (χ1) is 22.5. The van der Waals surface area contributed by atoms with E-state index in [-0.39, 0.29) is 43.5 Å². The zero-order valence-corrected chi connectivity index (χ0v) is 33.8. The molecule has 4 aromatic carbocycles. The number of nitrogens with zero attached hydrogens (tertiary/aromatic N) is 1. The molecule has 6 aromatic rings. The summed E-state index contributed by atoms with van der Waals surface area (Å²) < 4.78 is 9.89. The Labute approximate surface area is 301 Å². The molecular formula is C42H48GeIrNO3-. The molecule has 0 aliphatic heterocycles. The second kappa shape index (κ2) is 15.9. The third-order valence-corrected chi connectivity index (χ3v) is 13.7. The van der Waals surface area contributed by atoms with Gasteiger partial charge in [0, 0.05) is 38.0 Å². The number of aliphatic hydroxyl groups is 1. The SMILES string of the molecule is CCC(CC)C(=O)/C=C(\O)C(CC)CC.[CH2-][n+]1c(-c2[c-]ccc3c2oc2ccccc23)c[c]([Ge]([CH3])([CH3])[CH3])c2c3ccccc3ccc21.[Ir]. The summed E-state index contributed by atoms with van der Waals surface area (Å²) in [6.07, 6.45) is 4.91. The smallest absolute Gasteiger partial charge is 0 e. The number of rotatable bonds is 9. The predicted molar refractivity (Wildman–Crippen MR) is 201 cm³/mol. The molecule has 253 valence electrons. The summed E-state index contributed by atoms with van der Waals surface area (Å²) >= 11 is -2.26. The van der Waals surface area contributed by atoms with Crippen molar-refractivity contribution in [2.24, 2.45) is 11.8 Å². The average Bonchev–Trinajstić information content (AvgIpc) is 3.45. The van der Waals surface area contributed by atoms with E-state index in [9.17, 15) is 9.90 Å². The molecular weight excluding hydrogens is 831 g/mol. The van der Waals surface area contributed by atoms with Gasteiger partial charge in [-0.3, -0.25) is 4.79 Å². The molecule has 0 aliphatic carbocycles. The molecule has 0 aliphatic rings. The summed E-state index contributed by atoms with van der Waals surface area (Å²) in [6, 6.07) is 31.2. The molecule has 6 rings (SSSR count). The van der Waals surface area contributed by atoms with Crippen LogP contribution < -0.4 is 8.96 Å². The molecule has 0 spiro atoms. The van der Waals surface area contributed by atoms with Gasteiger partial charge in [0.15, 0.2) is 5.78 Å². The van der Waals surface area contributed by atoms with Crippen molar-refractivity contribution in [1.82, 2.24) is 0 Å². The number of furan rings is 1. The molecule has 0 bridgehead atoms. The van der Waals surface area contributed by atoms with Crippen LogP contribution in [0.25, 0.3) is 54.9 Å². The number of hydrogen-bond donors (Lipinski definition) is 1. The largest absolute Gasteiger partial charge is 0 e. The van der Waals surface area contributed by atoms with Gasteiger partial charge >= 0.3 is 191 Å². The summed E-state index contributed by atoms with van der Waals surface area (Å²) in [6.45, 7) is 8.07. The van der Waals surface area contributed by atoms with Gasteiger partial charge in [-0.1, -0.05) is 27.7 Å². The number of allylic oxidation sites excluding steroid dienone is 2. The molecule has 1 radical (unpaired) electrons. The van der Waals surface area contributed by atoms with Gasteiger partial charge in [0.25, 0.3) is 0 Å². The number of carbonyl (C=O) groups excluding carboxylic acids is 1. The van der Waals surface area contributed by atoms with E-state index in [1.807, 2.05) is 45.9 Å². The van der Waals surface area contributed by atoms with Gasteiger partial charge in [0.2, 0.25) is 0 Å². The van der Waals surface area contributed by atoms with Gasteiger partial charge in [-0.2, -0.15) is 0 Å². The standard InChI is InChI=1S/C29H24GeNO.C13H24O2.Ir/c1-30(2,3)24-18-26(31(4)25-17-16-19-10-5-6-11-20(19)28(24)25)23-14-9-13-22-21-12-7-8-15-27(21)32-29(22)23;1-5-10(6-2)12(14)9-13(15)11(7-3)8-4;/h5-13,15-18H,4H2,1-3H3;9-11,14H,5-8H2,1-4H3;/q-1;;/b;12-9-;. The quantitative estimate of drug-likeness (QED) is 0.0393. The fraction of sp³-hybridized carbons (Fsp3) is 0.310. The van der Waals surface area contributed by atoms with Gasteiger partial charge in [-0.15, -0.1) is 0 Å². The molecule has 0 atom stereocenters. The summed E-state index contributed by atoms with van der Waals surface area (Å²) in [4.78, 5) is 11.7. The monoisotopic (exact) mass is 881 g/mol. The van der Waals surface area contributed by atoms with E-state index in [2.05, 4.69) is 95.6 Å². The number of aromatic nitrogens is 1. The maximum atomic E-state index is 11.7. The molecule has 2 heterocycles. The number of aliphatic hydroxyl groups excluding tert-OH is 1. The molecule has 48 heavy (non-hydrogen) atoms. The Morgan fingerprint density at radius 3 is 2.15 bits per heavy atom. The molecule has 4 nitrogen and oxygen atoms in total. The van der Waals surface area contributed by atoms with E-state index >= 15 is 0 Å². The van der Waals surface area contributed by atoms with E-state index in [1.54, 1.807) is 0 Å². The van der Waals surface area contributed by atoms with Crippen LogP contribution in [0.1, 0.15) is 53.4 Å². The first-order valence-electron chi connectivity index (χ1n) is 17.0. The minimum atomic E-state index is -2.26. The fourth-order valence-electron chi connectivity index (χ4n) is 6.64. The Morgan fingerprint density at radius 2 is 1.50 bits per heavy atom. The van der Waals surface area contributed by atoms with Crippen molar-refractivity contribution in [3.63, 3.8) is 0 Å². The Morgan fingerprint density at radius 1 is 0.875 bits per heavy atom. The normalized spacial score (nSPS) is 12.1. The van der Waals surface area contributed by atoms with Gasteiger partial charge in [0.1, 0.15) is 0 Å². The zero-order chi connectivity index (χ0) is 33.9. The molecule has 0 saturated carbocycles. The molecule has 0 fully saturated rings. The number of benzene rings is 4. The number of ketones is 1. The third kappa shape index (κ3) is 7.44. The van der Waals surface area contributed by atoms with Crippen molar-refractivity contribution in [2.75, 3.05) is 0 Å². The maximum absolute atomic E-state index is 11.7. The van der Waals surface area contributed by atoms with Crippen LogP contribution in [-0.4, -0.2) is 24.2 Å². The fourth-order valence-corrected chi connectivity index (χ4v) is 9.96. The Bertz CT molecular complexity index is 2080. The number of pyridine rings is 1. The molecule has 1 N–H and O–H groups in total. The summed E-state index contributed by atoms with van der Waals surface area (Å²) in [5, 5.41) is 15.9. The van der Waals surface area contributed by atoms with E-state index in [1.165, 1.54) is 26.6 Å². The second-order valence-electron chi connectivity index (χ2n) is 13.5. The van der Waals surface area contributed by atoms with Gasteiger partial charge < -0.3 is 5.11 Å². The maximum Gasteiger partial charge on any atom is 0 e. The Balaban J connectivity index is 0.000000279. The van der Waals surface area contributed by atoms with Crippen molar-refractivity contribution < 1.29 is 39.0 Å². The van der Waals surface area contributed by atoms with E-state index in [4.69, 9.17) is 4.42 Å². The molecule has 2 aromatic heterocycles. The Kier molecular flexibility index (Phi) is 12.4. The van der Waals surface area contributed by atoms with Crippen LogP contribution in [0.15, 0.2) is 95.1 Å². The minimum Gasteiger partial charge on any atom is 0 e. The van der Waals surface area contributed by atoms with Crippen molar-refractivity contribution in [3.05, 3.63) is 104 Å². The molecule has 0 saturated heterocycles. The molecule has 6 heteroatoms. The van der Waals surface area contributed by atoms with Crippen LogP contribution in [0.4, 0.5) is 0 Å². The van der Waals surface area contributed by atoms with Crippen molar-refractivity contribution >= 4 is 67.1 Å². The van der Waals surface area contributed by atoms with Gasteiger partial charge in [-0.25, -0.2) is 0 Å². The number of carbonyl (C=O) groups is 1. The predicted octanol–water partition coefficient (Wildman–Crippen LogP) is 10.7. The average molecular weight is 880 g/mol. The van der Waals surface area contributed by atoms with Crippen LogP contribution in [0.2, 0.25) is 17.3 Å². The summed E-state index contributed by atoms with van der Waals surface area (Å²) in [5.74, 6) is 7.92. The van der Waals surface area contributed by atoms with E-state index < -0.39 is 13.3 Å². The summed E-state index contributed by atoms with van der Waals surface area (Å²) in [7, 11) is 4.49. The Hall–Kier alpha value is -3.38. The van der Waals surface area contributed by atoms with E-state index in [0.717, 1.165) is 64.4 Å². The first-order valence-corrected chi connectivity index (χ1v) is 24.4. The minimum absolute atomic E-state index is 0. The van der Waals surface area contributed by atoms with Crippen LogP contribution in [-0.2, 0) is 24.9 Å². The summed E-state index contributed by atoms with van der Waals surface area (Å²) in [5.41, 5.74) is 4.95. The van der Waals surface area contributed by atoms with Crippen molar-refractivity contribution in [2.45, 2.75) is 70.6 Å². The van der Waals surface area contributed by atoms with Crippen LogP contribution in [0, 0.1) is 24.9 Å². The second-order valence-corrected chi connectivity index (χ2v) is 24.1. The van der Waals surface area contributed by atoms with Crippen molar-refractivity contribution in [3.8, 4) is 11.3 Å². The number of para-hydroxylation sites is 1. The molecule has 0 unspecified atom stereocenters. The van der Waals surface area contributed by atoms with Gasteiger partial charge in [0.05, 0.1) is 5.76 Å². The number of hydrogen-bond acceptors (Lipinski definition) is 3. The van der Waals surface area contributed by atoms with E-state index in [0.29, 0.717) is 0 Å². The van der Waals surface area contributed by atoms with Crippen LogP contribution in [0.5, 0.6) is 0 Å². The zero-order valence-electron chi connectivity index (χ0n) is 29.3. The topological polar surface area (TPSA) is 54.3 Å². The molecule has 0 amide bonds. The van der Waals surface area contributed by atoms with Crippen LogP contribution in [0.3, 0.4) is 0 Å². The van der Waals surface area contributed by atoms with Crippen LogP contribution >= 0.6 is 0 Å². The third-order valence-electron chi connectivity index (χ3n) is 9.52.